The predicted molar refractivity (Wildman–Crippen MR) is 72.9 cm³/mol. The van der Waals surface area contributed by atoms with E-state index < -0.39 is 23.9 Å². The number of hydrogen-bond donors (Lipinski definition) is 3. The van der Waals surface area contributed by atoms with Crippen molar-refractivity contribution in [1.82, 2.24) is 0 Å². The van der Waals surface area contributed by atoms with Gasteiger partial charge in [-0.3, -0.25) is 14.4 Å². The molecule has 0 aliphatic heterocycles. The number of benzene rings is 1. The Labute approximate surface area is 116 Å². The second kappa shape index (κ2) is 6.70. The van der Waals surface area contributed by atoms with Crippen molar-refractivity contribution >= 4 is 23.4 Å². The number of rotatable bonds is 7. The van der Waals surface area contributed by atoms with E-state index in [4.69, 9.17) is 10.2 Å². The number of ketones is 1. The molecule has 0 radical (unpaired) electrons. The molecule has 0 fully saturated rings. The van der Waals surface area contributed by atoms with Crippen molar-refractivity contribution in [2.24, 2.45) is 5.92 Å². The summed E-state index contributed by atoms with van der Waals surface area (Å²) in [4.78, 5) is 33.7. The van der Waals surface area contributed by atoms with Gasteiger partial charge in [0, 0.05) is 17.2 Å². The van der Waals surface area contributed by atoms with Gasteiger partial charge in [-0.05, 0) is 19.1 Å². The number of Topliss-reactive ketones (excluding diaryl/α,β-unsaturated/α-hetero) is 1. The van der Waals surface area contributed by atoms with Crippen molar-refractivity contribution in [1.29, 1.82) is 0 Å². The summed E-state index contributed by atoms with van der Waals surface area (Å²) < 4.78 is 0. The summed E-state index contributed by atoms with van der Waals surface area (Å²) in [5.74, 6) is -3.08. The molecule has 108 valence electrons. The van der Waals surface area contributed by atoms with Crippen LogP contribution in [0.4, 0.5) is 5.69 Å². The van der Waals surface area contributed by atoms with E-state index in [1.54, 1.807) is 24.3 Å². The normalized spacial score (nSPS) is 13.3. The third-order valence-electron chi connectivity index (χ3n) is 2.86. The summed E-state index contributed by atoms with van der Waals surface area (Å²) in [7, 11) is 0. The lowest BCUT2D eigenvalue weighted by atomic mass is 9.95. The number of hydrogen-bond acceptors (Lipinski definition) is 4. The van der Waals surface area contributed by atoms with Gasteiger partial charge in [-0.1, -0.05) is 19.1 Å². The molecule has 2 atom stereocenters. The Morgan fingerprint density at radius 2 is 1.75 bits per heavy atom. The average Bonchev–Trinajstić information content (AvgIpc) is 2.37. The third kappa shape index (κ3) is 4.08. The van der Waals surface area contributed by atoms with Crippen LogP contribution in [0.2, 0.25) is 0 Å². The zero-order valence-corrected chi connectivity index (χ0v) is 11.3. The summed E-state index contributed by atoms with van der Waals surface area (Å²) in [5.41, 5.74) is 0.694. The van der Waals surface area contributed by atoms with Gasteiger partial charge >= 0.3 is 11.9 Å². The molecule has 0 saturated heterocycles. The Morgan fingerprint density at radius 3 is 2.30 bits per heavy atom. The molecule has 3 N–H and O–H groups in total. The summed E-state index contributed by atoms with van der Waals surface area (Å²) in [6.07, 6.45) is -0.262. The summed E-state index contributed by atoms with van der Waals surface area (Å²) in [6.45, 7) is 3.00. The van der Waals surface area contributed by atoms with Crippen LogP contribution in [-0.2, 0) is 9.59 Å². The van der Waals surface area contributed by atoms with Gasteiger partial charge < -0.3 is 15.5 Å². The highest BCUT2D eigenvalue weighted by Gasteiger charge is 2.22. The van der Waals surface area contributed by atoms with Gasteiger partial charge in [0.15, 0.2) is 5.78 Å². The SMILES string of the molecule is CC(CC(=O)O)C(=O)c1ccccc1NC(C)C(=O)O. The van der Waals surface area contributed by atoms with Gasteiger partial charge in [-0.15, -0.1) is 0 Å². The van der Waals surface area contributed by atoms with E-state index in [9.17, 15) is 14.4 Å². The molecule has 0 saturated carbocycles. The first-order valence-corrected chi connectivity index (χ1v) is 6.17. The van der Waals surface area contributed by atoms with Crippen molar-refractivity contribution in [2.75, 3.05) is 5.32 Å². The van der Waals surface area contributed by atoms with E-state index in [0.29, 0.717) is 11.3 Å². The zero-order valence-electron chi connectivity index (χ0n) is 11.3. The molecule has 6 heteroatoms. The number of para-hydroxylation sites is 1. The minimum Gasteiger partial charge on any atom is -0.481 e. The second-order valence-electron chi connectivity index (χ2n) is 4.61. The van der Waals surface area contributed by atoms with E-state index in [1.807, 2.05) is 0 Å². The maximum absolute atomic E-state index is 12.2. The Kier molecular flexibility index (Phi) is 5.25. The highest BCUT2D eigenvalue weighted by Crippen LogP contribution is 2.21. The topological polar surface area (TPSA) is 104 Å². The first-order chi connectivity index (χ1) is 9.32. The fourth-order valence-electron chi connectivity index (χ4n) is 1.74. The number of nitrogens with one attached hydrogen (secondary N) is 1. The van der Waals surface area contributed by atoms with Crippen LogP contribution < -0.4 is 5.32 Å². The lowest BCUT2D eigenvalue weighted by molar-refractivity contribution is -0.138. The standard InChI is InChI=1S/C14H17NO5/c1-8(7-12(16)17)13(18)10-5-3-4-6-11(10)15-9(2)14(19)20/h3-6,8-9,15H,7H2,1-2H3,(H,16,17)(H,19,20). The number of carbonyl (C=O) groups excluding carboxylic acids is 1. The Bertz CT molecular complexity index is 526. The van der Waals surface area contributed by atoms with E-state index >= 15 is 0 Å². The monoisotopic (exact) mass is 279 g/mol. The third-order valence-corrected chi connectivity index (χ3v) is 2.86. The number of aliphatic carboxylic acids is 2. The van der Waals surface area contributed by atoms with Crippen LogP contribution in [0, 0.1) is 5.92 Å². The van der Waals surface area contributed by atoms with Crippen LogP contribution in [0.5, 0.6) is 0 Å². The van der Waals surface area contributed by atoms with Crippen molar-refractivity contribution in [3.63, 3.8) is 0 Å². The number of carboxylic acid groups (broad SMARTS) is 2. The van der Waals surface area contributed by atoms with Crippen LogP contribution in [0.15, 0.2) is 24.3 Å². The maximum Gasteiger partial charge on any atom is 0.325 e. The molecule has 0 aliphatic carbocycles. The number of carboxylic acids is 2. The smallest absolute Gasteiger partial charge is 0.325 e. The summed E-state index contributed by atoms with van der Waals surface area (Å²) in [6, 6.07) is 5.63. The molecular formula is C14H17NO5. The van der Waals surface area contributed by atoms with Crippen LogP contribution >= 0.6 is 0 Å². The molecule has 0 aliphatic rings. The first kappa shape index (κ1) is 15.7. The molecule has 0 amide bonds. The van der Waals surface area contributed by atoms with E-state index in [1.165, 1.54) is 13.8 Å². The van der Waals surface area contributed by atoms with Crippen molar-refractivity contribution in [3.8, 4) is 0 Å². The molecule has 2 unspecified atom stereocenters. The molecule has 1 rings (SSSR count). The highest BCUT2D eigenvalue weighted by atomic mass is 16.4. The van der Waals surface area contributed by atoms with E-state index in [-0.39, 0.29) is 12.2 Å². The van der Waals surface area contributed by atoms with Crippen LogP contribution in [0.3, 0.4) is 0 Å². The van der Waals surface area contributed by atoms with Gasteiger partial charge in [-0.2, -0.15) is 0 Å². The molecule has 20 heavy (non-hydrogen) atoms. The largest absolute Gasteiger partial charge is 0.481 e. The second-order valence-corrected chi connectivity index (χ2v) is 4.61. The predicted octanol–water partition coefficient (Wildman–Crippen LogP) is 1.87. The van der Waals surface area contributed by atoms with Gasteiger partial charge in [0.1, 0.15) is 6.04 Å². The van der Waals surface area contributed by atoms with E-state index in [0.717, 1.165) is 0 Å². The maximum atomic E-state index is 12.2. The summed E-state index contributed by atoms with van der Waals surface area (Å²) >= 11 is 0. The Morgan fingerprint density at radius 1 is 1.15 bits per heavy atom. The minimum absolute atomic E-state index is 0.262. The lowest BCUT2D eigenvalue weighted by Gasteiger charge is -2.16. The molecule has 0 bridgehead atoms. The molecule has 6 nitrogen and oxygen atoms in total. The Balaban J connectivity index is 2.97. The number of anilines is 1. The van der Waals surface area contributed by atoms with Crippen LogP contribution in [0.25, 0.3) is 0 Å². The van der Waals surface area contributed by atoms with Crippen LogP contribution in [-0.4, -0.2) is 34.0 Å². The zero-order chi connectivity index (χ0) is 15.3. The molecule has 1 aromatic carbocycles. The first-order valence-electron chi connectivity index (χ1n) is 6.17. The molecule has 0 spiro atoms. The van der Waals surface area contributed by atoms with Gasteiger partial charge in [-0.25, -0.2) is 0 Å². The molecular weight excluding hydrogens is 262 g/mol. The fraction of sp³-hybridized carbons (Fsp3) is 0.357. The molecule has 0 heterocycles. The summed E-state index contributed by atoms with van der Waals surface area (Å²) in [5, 5.41) is 20.3. The van der Waals surface area contributed by atoms with Crippen molar-refractivity contribution in [3.05, 3.63) is 29.8 Å². The van der Waals surface area contributed by atoms with E-state index in [2.05, 4.69) is 5.32 Å². The van der Waals surface area contributed by atoms with Gasteiger partial charge in [0.05, 0.1) is 6.42 Å². The molecule has 1 aromatic rings. The Hall–Kier alpha value is -2.37. The van der Waals surface area contributed by atoms with Crippen molar-refractivity contribution < 1.29 is 24.6 Å². The quantitative estimate of drug-likeness (QED) is 0.658. The number of carbonyl (C=O) groups is 3. The van der Waals surface area contributed by atoms with Gasteiger partial charge in [0.25, 0.3) is 0 Å². The average molecular weight is 279 g/mol. The van der Waals surface area contributed by atoms with Crippen LogP contribution in [0.1, 0.15) is 30.6 Å². The highest BCUT2D eigenvalue weighted by molar-refractivity contribution is 6.03. The van der Waals surface area contributed by atoms with Gasteiger partial charge in [0.2, 0.25) is 0 Å². The lowest BCUT2D eigenvalue weighted by Crippen LogP contribution is -2.27. The molecule has 0 aromatic heterocycles. The fourth-order valence-corrected chi connectivity index (χ4v) is 1.74. The minimum atomic E-state index is -1.05. The van der Waals surface area contributed by atoms with Crippen molar-refractivity contribution in [2.45, 2.75) is 26.3 Å².